The van der Waals surface area contributed by atoms with Gasteiger partial charge >= 0.3 is 5.97 Å². The molecule has 0 aliphatic carbocycles. The molecule has 0 N–H and O–H groups in total. The van der Waals surface area contributed by atoms with Gasteiger partial charge in [-0.05, 0) is 36.6 Å². The van der Waals surface area contributed by atoms with Crippen molar-refractivity contribution in [1.82, 2.24) is 0 Å². The molecule has 19 heavy (non-hydrogen) atoms. The SMILES string of the molecule is CCCCOc1ccc2c(c1)CCN2CC(=O)OC. The summed E-state index contributed by atoms with van der Waals surface area (Å²) in [6, 6.07) is 6.10. The number of ether oxygens (including phenoxy) is 2. The molecule has 0 amide bonds. The molecule has 0 bridgehead atoms. The zero-order valence-electron chi connectivity index (χ0n) is 11.6. The summed E-state index contributed by atoms with van der Waals surface area (Å²) >= 11 is 0. The third kappa shape index (κ3) is 3.40. The molecular weight excluding hydrogens is 242 g/mol. The Morgan fingerprint density at radius 1 is 1.42 bits per heavy atom. The van der Waals surface area contributed by atoms with Crippen molar-refractivity contribution in [2.45, 2.75) is 26.2 Å². The van der Waals surface area contributed by atoms with E-state index in [1.807, 2.05) is 12.1 Å². The van der Waals surface area contributed by atoms with Crippen LogP contribution in [0.15, 0.2) is 18.2 Å². The van der Waals surface area contributed by atoms with Crippen LogP contribution in [0.4, 0.5) is 5.69 Å². The van der Waals surface area contributed by atoms with E-state index in [2.05, 4.69) is 17.9 Å². The van der Waals surface area contributed by atoms with Gasteiger partial charge in [-0.1, -0.05) is 13.3 Å². The maximum Gasteiger partial charge on any atom is 0.325 e. The van der Waals surface area contributed by atoms with Crippen LogP contribution in [0.1, 0.15) is 25.3 Å². The maximum atomic E-state index is 11.3. The van der Waals surface area contributed by atoms with Crippen LogP contribution in [-0.4, -0.2) is 32.8 Å². The molecule has 0 fully saturated rings. The number of hydrogen-bond donors (Lipinski definition) is 0. The number of fused-ring (bicyclic) bond motifs is 1. The first-order valence-corrected chi connectivity index (χ1v) is 6.82. The van der Waals surface area contributed by atoms with E-state index in [9.17, 15) is 4.79 Å². The lowest BCUT2D eigenvalue weighted by molar-refractivity contribution is -0.138. The van der Waals surface area contributed by atoms with Crippen LogP contribution in [-0.2, 0) is 16.0 Å². The fourth-order valence-corrected chi connectivity index (χ4v) is 2.26. The van der Waals surface area contributed by atoms with Gasteiger partial charge in [0.15, 0.2) is 0 Å². The van der Waals surface area contributed by atoms with E-state index in [4.69, 9.17) is 9.47 Å². The first-order valence-electron chi connectivity index (χ1n) is 6.82. The Kier molecular flexibility index (Phi) is 4.66. The van der Waals surface area contributed by atoms with Gasteiger partial charge in [-0.3, -0.25) is 4.79 Å². The maximum absolute atomic E-state index is 11.3. The zero-order chi connectivity index (χ0) is 13.7. The minimum atomic E-state index is -0.198. The van der Waals surface area contributed by atoms with E-state index in [0.29, 0.717) is 6.54 Å². The van der Waals surface area contributed by atoms with E-state index in [-0.39, 0.29) is 5.97 Å². The van der Waals surface area contributed by atoms with Crippen LogP contribution < -0.4 is 9.64 Å². The number of methoxy groups -OCH3 is 1. The summed E-state index contributed by atoms with van der Waals surface area (Å²) < 4.78 is 10.4. The fraction of sp³-hybridized carbons (Fsp3) is 0.533. The lowest BCUT2D eigenvalue weighted by Crippen LogP contribution is -2.28. The molecule has 4 heteroatoms. The van der Waals surface area contributed by atoms with Gasteiger partial charge in [0.1, 0.15) is 12.3 Å². The minimum Gasteiger partial charge on any atom is -0.494 e. The Morgan fingerprint density at radius 3 is 3.00 bits per heavy atom. The summed E-state index contributed by atoms with van der Waals surface area (Å²) in [5.74, 6) is 0.725. The Hall–Kier alpha value is -1.71. The number of carbonyl (C=O) groups excluding carboxylic acids is 1. The van der Waals surface area contributed by atoms with Gasteiger partial charge in [0, 0.05) is 12.2 Å². The predicted octanol–water partition coefficient (Wildman–Crippen LogP) is 2.40. The number of carbonyl (C=O) groups is 1. The lowest BCUT2D eigenvalue weighted by atomic mass is 10.1. The smallest absolute Gasteiger partial charge is 0.325 e. The van der Waals surface area contributed by atoms with Gasteiger partial charge in [0.25, 0.3) is 0 Å². The average molecular weight is 263 g/mol. The highest BCUT2D eigenvalue weighted by atomic mass is 16.5. The van der Waals surface area contributed by atoms with Crippen LogP contribution in [0.25, 0.3) is 0 Å². The number of anilines is 1. The third-order valence-electron chi connectivity index (χ3n) is 3.36. The molecule has 0 spiro atoms. The molecule has 0 unspecified atom stereocenters. The summed E-state index contributed by atoms with van der Waals surface area (Å²) in [6.07, 6.45) is 3.17. The molecule has 4 nitrogen and oxygen atoms in total. The number of nitrogens with zero attached hydrogens (tertiary/aromatic N) is 1. The second kappa shape index (κ2) is 6.45. The van der Waals surface area contributed by atoms with E-state index in [0.717, 1.165) is 43.9 Å². The van der Waals surface area contributed by atoms with Crippen molar-refractivity contribution in [3.05, 3.63) is 23.8 Å². The van der Waals surface area contributed by atoms with Crippen molar-refractivity contribution in [3.63, 3.8) is 0 Å². The van der Waals surface area contributed by atoms with Gasteiger partial charge in [0.2, 0.25) is 0 Å². The second-order valence-corrected chi connectivity index (χ2v) is 4.74. The molecule has 1 aliphatic rings. The topological polar surface area (TPSA) is 38.8 Å². The van der Waals surface area contributed by atoms with Crippen LogP contribution >= 0.6 is 0 Å². The Labute approximate surface area is 114 Å². The van der Waals surface area contributed by atoms with Crippen LogP contribution in [0, 0.1) is 0 Å². The Morgan fingerprint density at radius 2 is 2.26 bits per heavy atom. The number of unbranched alkanes of at least 4 members (excludes halogenated alkanes) is 1. The monoisotopic (exact) mass is 263 g/mol. The Bertz CT molecular complexity index is 445. The standard InChI is InChI=1S/C15H21NO3/c1-3-4-9-19-13-5-6-14-12(10-13)7-8-16(14)11-15(17)18-2/h5-6,10H,3-4,7-9,11H2,1-2H3. The molecule has 1 aliphatic heterocycles. The predicted molar refractivity (Wildman–Crippen MR) is 74.8 cm³/mol. The van der Waals surface area contributed by atoms with Crippen molar-refractivity contribution in [1.29, 1.82) is 0 Å². The van der Waals surface area contributed by atoms with Crippen molar-refractivity contribution in [2.24, 2.45) is 0 Å². The number of benzene rings is 1. The molecule has 1 aromatic rings. The Balaban J connectivity index is 2.01. The van der Waals surface area contributed by atoms with Crippen molar-refractivity contribution < 1.29 is 14.3 Å². The molecule has 1 heterocycles. The van der Waals surface area contributed by atoms with Crippen LogP contribution in [0.2, 0.25) is 0 Å². The van der Waals surface area contributed by atoms with Crippen molar-refractivity contribution in [2.75, 3.05) is 31.7 Å². The molecule has 104 valence electrons. The van der Waals surface area contributed by atoms with Gasteiger partial charge in [0.05, 0.1) is 13.7 Å². The molecule has 2 rings (SSSR count). The van der Waals surface area contributed by atoms with E-state index in [1.165, 1.54) is 12.7 Å². The summed E-state index contributed by atoms with van der Waals surface area (Å²) in [6.45, 7) is 4.10. The summed E-state index contributed by atoms with van der Waals surface area (Å²) in [5.41, 5.74) is 2.37. The van der Waals surface area contributed by atoms with Gasteiger partial charge in [-0.25, -0.2) is 0 Å². The van der Waals surface area contributed by atoms with Gasteiger partial charge < -0.3 is 14.4 Å². The highest BCUT2D eigenvalue weighted by Gasteiger charge is 2.21. The van der Waals surface area contributed by atoms with Crippen molar-refractivity contribution >= 4 is 11.7 Å². The van der Waals surface area contributed by atoms with Gasteiger partial charge in [-0.15, -0.1) is 0 Å². The second-order valence-electron chi connectivity index (χ2n) is 4.74. The minimum absolute atomic E-state index is 0.198. The van der Waals surface area contributed by atoms with E-state index >= 15 is 0 Å². The fourth-order valence-electron chi connectivity index (χ4n) is 2.26. The lowest BCUT2D eigenvalue weighted by Gasteiger charge is -2.17. The normalized spacial score (nSPS) is 13.3. The first kappa shape index (κ1) is 13.7. The largest absolute Gasteiger partial charge is 0.494 e. The van der Waals surface area contributed by atoms with Crippen LogP contribution in [0.3, 0.4) is 0 Å². The number of esters is 1. The first-order chi connectivity index (χ1) is 9.24. The number of rotatable bonds is 6. The summed E-state index contributed by atoms with van der Waals surface area (Å²) in [5, 5.41) is 0. The molecular formula is C15H21NO3. The highest BCUT2D eigenvalue weighted by Crippen LogP contribution is 2.31. The zero-order valence-corrected chi connectivity index (χ0v) is 11.6. The molecule has 0 aromatic heterocycles. The van der Waals surface area contributed by atoms with Gasteiger partial charge in [-0.2, -0.15) is 0 Å². The summed E-state index contributed by atoms with van der Waals surface area (Å²) in [4.78, 5) is 13.4. The average Bonchev–Trinajstić information content (AvgIpc) is 2.81. The molecule has 0 saturated carbocycles. The molecule has 0 atom stereocenters. The summed E-state index contributed by atoms with van der Waals surface area (Å²) in [7, 11) is 1.42. The quantitative estimate of drug-likeness (QED) is 0.583. The number of hydrogen-bond acceptors (Lipinski definition) is 4. The molecule has 0 radical (unpaired) electrons. The highest BCUT2D eigenvalue weighted by molar-refractivity contribution is 5.77. The van der Waals surface area contributed by atoms with E-state index in [1.54, 1.807) is 0 Å². The van der Waals surface area contributed by atoms with Crippen molar-refractivity contribution in [3.8, 4) is 5.75 Å². The third-order valence-corrected chi connectivity index (χ3v) is 3.36. The van der Waals surface area contributed by atoms with Crippen LogP contribution in [0.5, 0.6) is 5.75 Å². The molecule has 1 aromatic carbocycles. The van der Waals surface area contributed by atoms with E-state index < -0.39 is 0 Å². The molecule has 0 saturated heterocycles.